The highest BCUT2D eigenvalue weighted by Crippen LogP contribution is 2.22. The molecule has 0 atom stereocenters. The molecule has 8 heteroatoms. The summed E-state index contributed by atoms with van der Waals surface area (Å²) in [6.45, 7) is -0.545. The third-order valence-electron chi connectivity index (χ3n) is 2.34. The molecule has 0 bridgehead atoms. The largest absolute Gasteiger partial charge is 0.406 e. The van der Waals surface area contributed by atoms with Crippen LogP contribution in [0.5, 0.6) is 0 Å². The van der Waals surface area contributed by atoms with Crippen LogP contribution in [0.2, 0.25) is 0 Å². The number of halogens is 5. The number of benzene rings is 1. The van der Waals surface area contributed by atoms with Crippen LogP contribution in [0.3, 0.4) is 0 Å². The van der Waals surface area contributed by atoms with Crippen LogP contribution in [0, 0.1) is 11.6 Å². The fourth-order valence-electron chi connectivity index (χ4n) is 1.48. The second kappa shape index (κ2) is 5.41. The maximum atomic E-state index is 13.5. The van der Waals surface area contributed by atoms with Crippen LogP contribution in [0.4, 0.5) is 27.6 Å². The number of anilines is 1. The van der Waals surface area contributed by atoms with Gasteiger partial charge >= 0.3 is 6.18 Å². The first-order valence-corrected chi connectivity index (χ1v) is 5.26. The van der Waals surface area contributed by atoms with E-state index in [4.69, 9.17) is 5.73 Å². The topological polar surface area (TPSA) is 46.3 Å². The molecule has 0 heterocycles. The molecule has 0 unspecified atom stereocenters. The molecule has 0 aliphatic heterocycles. The minimum absolute atomic E-state index is 0.297. The van der Waals surface area contributed by atoms with E-state index in [2.05, 4.69) is 0 Å². The zero-order valence-electron chi connectivity index (χ0n) is 9.89. The maximum Gasteiger partial charge on any atom is 0.406 e. The minimum atomic E-state index is -4.62. The van der Waals surface area contributed by atoms with Gasteiger partial charge in [0.1, 0.15) is 12.4 Å². The molecule has 106 valence electrons. The van der Waals surface area contributed by atoms with Gasteiger partial charge in [0.25, 0.3) is 5.91 Å². The van der Waals surface area contributed by atoms with Crippen molar-refractivity contribution < 1.29 is 26.7 Å². The van der Waals surface area contributed by atoms with Crippen LogP contribution in [0.15, 0.2) is 12.1 Å². The summed E-state index contributed by atoms with van der Waals surface area (Å²) in [5.41, 5.74) is 3.67. The van der Waals surface area contributed by atoms with Crippen molar-refractivity contribution in [1.82, 2.24) is 4.90 Å². The molecule has 0 radical (unpaired) electrons. The summed E-state index contributed by atoms with van der Waals surface area (Å²) in [5.74, 6) is -3.49. The van der Waals surface area contributed by atoms with Gasteiger partial charge in [-0.1, -0.05) is 0 Å². The smallest absolute Gasteiger partial charge is 0.396 e. The molecule has 3 nitrogen and oxygen atoms in total. The molecule has 1 aromatic rings. The number of hydrogen-bond acceptors (Lipinski definition) is 2. The monoisotopic (exact) mass is 282 g/mol. The Morgan fingerprint density at radius 1 is 1.32 bits per heavy atom. The van der Waals surface area contributed by atoms with Gasteiger partial charge in [-0.05, 0) is 19.1 Å². The number of carbonyl (C=O) groups is 1. The van der Waals surface area contributed by atoms with Crippen LogP contribution in [-0.4, -0.2) is 30.1 Å². The van der Waals surface area contributed by atoms with E-state index in [0.717, 1.165) is 0 Å². The van der Waals surface area contributed by atoms with Crippen LogP contribution in [-0.2, 0) is 0 Å². The van der Waals surface area contributed by atoms with E-state index in [9.17, 15) is 26.7 Å². The average molecular weight is 282 g/mol. The summed E-state index contributed by atoms with van der Waals surface area (Å²) >= 11 is 0. The highest BCUT2D eigenvalue weighted by Gasteiger charge is 2.33. The average Bonchev–Trinajstić information content (AvgIpc) is 2.28. The Balaban J connectivity index is 3.11. The van der Waals surface area contributed by atoms with E-state index in [0.29, 0.717) is 17.0 Å². The number of nitrogens with zero attached hydrogens (tertiary/aromatic N) is 1. The lowest BCUT2D eigenvalue weighted by atomic mass is 10.1. The molecule has 0 aliphatic rings. The molecule has 1 rings (SSSR count). The Hall–Kier alpha value is -1.86. The summed E-state index contributed by atoms with van der Waals surface area (Å²) in [7, 11) is 0. The SMILES string of the molecule is CCN(CC(F)(F)F)C(=O)c1cc(F)cc(N)c1F. The molecule has 2 N–H and O–H groups in total. The Labute approximate surface area is 105 Å². The van der Waals surface area contributed by atoms with E-state index in [1.807, 2.05) is 0 Å². The molecule has 1 aromatic carbocycles. The molecular formula is C11H11F5N2O. The van der Waals surface area contributed by atoms with Crippen LogP contribution in [0.25, 0.3) is 0 Å². The van der Waals surface area contributed by atoms with Gasteiger partial charge in [0, 0.05) is 6.54 Å². The minimum Gasteiger partial charge on any atom is -0.396 e. The van der Waals surface area contributed by atoms with Gasteiger partial charge in [-0.3, -0.25) is 4.79 Å². The van der Waals surface area contributed by atoms with Gasteiger partial charge in [-0.2, -0.15) is 13.2 Å². The lowest BCUT2D eigenvalue weighted by Crippen LogP contribution is -2.39. The van der Waals surface area contributed by atoms with Gasteiger partial charge in [0.15, 0.2) is 5.82 Å². The number of rotatable bonds is 3. The Morgan fingerprint density at radius 3 is 2.37 bits per heavy atom. The predicted molar refractivity (Wildman–Crippen MR) is 58.4 cm³/mol. The summed E-state index contributed by atoms with van der Waals surface area (Å²) in [4.78, 5) is 12.1. The zero-order chi connectivity index (χ0) is 14.8. The Kier molecular flexibility index (Phi) is 4.33. The number of nitrogen functional groups attached to an aromatic ring is 1. The lowest BCUT2D eigenvalue weighted by molar-refractivity contribution is -0.140. The van der Waals surface area contributed by atoms with Crippen molar-refractivity contribution in [3.63, 3.8) is 0 Å². The molecule has 0 spiro atoms. The van der Waals surface area contributed by atoms with Gasteiger partial charge in [0.2, 0.25) is 0 Å². The van der Waals surface area contributed by atoms with Gasteiger partial charge < -0.3 is 10.6 Å². The van der Waals surface area contributed by atoms with Crippen molar-refractivity contribution in [3.8, 4) is 0 Å². The first-order chi connectivity index (χ1) is 8.65. The molecule has 0 saturated heterocycles. The molecule has 19 heavy (non-hydrogen) atoms. The van der Waals surface area contributed by atoms with Crippen LogP contribution < -0.4 is 5.73 Å². The van der Waals surface area contributed by atoms with Crippen molar-refractivity contribution in [1.29, 1.82) is 0 Å². The van der Waals surface area contributed by atoms with E-state index in [1.165, 1.54) is 6.92 Å². The van der Waals surface area contributed by atoms with Crippen molar-refractivity contribution in [2.45, 2.75) is 13.1 Å². The van der Waals surface area contributed by atoms with Crippen LogP contribution >= 0.6 is 0 Å². The number of hydrogen-bond donors (Lipinski definition) is 1. The number of nitrogens with two attached hydrogens (primary N) is 1. The molecule has 1 amide bonds. The Bertz CT molecular complexity index is 487. The first-order valence-electron chi connectivity index (χ1n) is 5.26. The van der Waals surface area contributed by atoms with Crippen molar-refractivity contribution in [2.75, 3.05) is 18.8 Å². The van der Waals surface area contributed by atoms with Crippen LogP contribution in [0.1, 0.15) is 17.3 Å². The van der Waals surface area contributed by atoms with Gasteiger partial charge in [-0.25, -0.2) is 8.78 Å². The summed E-state index contributed by atoms with van der Waals surface area (Å²) in [6.07, 6.45) is -4.62. The molecule has 0 aliphatic carbocycles. The highest BCUT2D eigenvalue weighted by atomic mass is 19.4. The molecule has 0 aromatic heterocycles. The summed E-state index contributed by atoms with van der Waals surface area (Å²) in [6, 6.07) is 1.17. The van der Waals surface area contributed by atoms with E-state index in [-0.39, 0.29) is 6.54 Å². The maximum absolute atomic E-state index is 13.5. The fraction of sp³-hybridized carbons (Fsp3) is 0.364. The zero-order valence-corrected chi connectivity index (χ0v) is 9.89. The fourth-order valence-corrected chi connectivity index (χ4v) is 1.48. The highest BCUT2D eigenvalue weighted by molar-refractivity contribution is 5.95. The van der Waals surface area contributed by atoms with Crippen molar-refractivity contribution in [3.05, 3.63) is 29.3 Å². The van der Waals surface area contributed by atoms with Crippen molar-refractivity contribution >= 4 is 11.6 Å². The summed E-state index contributed by atoms with van der Waals surface area (Å²) < 4.78 is 63.3. The summed E-state index contributed by atoms with van der Waals surface area (Å²) in [5, 5.41) is 0. The van der Waals surface area contributed by atoms with Gasteiger partial charge in [-0.15, -0.1) is 0 Å². The van der Waals surface area contributed by atoms with E-state index >= 15 is 0 Å². The molecular weight excluding hydrogens is 271 g/mol. The number of carbonyl (C=O) groups excluding carboxylic acids is 1. The molecule has 0 saturated carbocycles. The third kappa shape index (κ3) is 3.80. The van der Waals surface area contributed by atoms with E-state index < -0.39 is 41.5 Å². The lowest BCUT2D eigenvalue weighted by Gasteiger charge is -2.22. The predicted octanol–water partition coefficient (Wildman–Crippen LogP) is 2.57. The van der Waals surface area contributed by atoms with Gasteiger partial charge in [0.05, 0.1) is 11.3 Å². The van der Waals surface area contributed by atoms with E-state index in [1.54, 1.807) is 0 Å². The molecule has 0 fully saturated rings. The second-order valence-electron chi connectivity index (χ2n) is 3.79. The first kappa shape index (κ1) is 15.2. The van der Waals surface area contributed by atoms with Crippen molar-refractivity contribution in [2.24, 2.45) is 0 Å². The quantitative estimate of drug-likeness (QED) is 0.684. The second-order valence-corrected chi connectivity index (χ2v) is 3.79. The Morgan fingerprint density at radius 2 is 1.89 bits per heavy atom. The third-order valence-corrected chi connectivity index (χ3v) is 2.34. The number of amides is 1. The standard InChI is InChI=1S/C11H11F5N2O/c1-2-18(5-11(14,15)16)10(19)7-3-6(12)4-8(17)9(7)13/h3-4H,2,5,17H2,1H3. The normalized spacial score (nSPS) is 11.5. The number of alkyl halides is 3.